The minimum absolute atomic E-state index is 0.0809. The lowest BCUT2D eigenvalue weighted by atomic mass is 9.99. The van der Waals surface area contributed by atoms with Crippen LogP contribution in [0.5, 0.6) is 0 Å². The van der Waals surface area contributed by atoms with E-state index in [1.807, 2.05) is 13.8 Å². The fraction of sp³-hybridized carbons (Fsp3) is 0.263. The van der Waals surface area contributed by atoms with Gasteiger partial charge in [-0.25, -0.2) is 4.79 Å². The summed E-state index contributed by atoms with van der Waals surface area (Å²) in [5.41, 5.74) is 3.23. The number of benzene rings is 2. The fourth-order valence-electron chi connectivity index (χ4n) is 2.72. The fourth-order valence-corrected chi connectivity index (χ4v) is 2.72. The summed E-state index contributed by atoms with van der Waals surface area (Å²) in [5, 5.41) is 23.1. The number of nitrogens with zero attached hydrogens (tertiary/aromatic N) is 1. The van der Waals surface area contributed by atoms with Gasteiger partial charge in [-0.1, -0.05) is 18.2 Å². The van der Waals surface area contributed by atoms with Gasteiger partial charge in [-0.3, -0.25) is 14.9 Å². The van der Waals surface area contributed by atoms with Crippen molar-refractivity contribution < 1.29 is 19.6 Å². The molecular formula is C19H20N2O5. The molecule has 0 saturated carbocycles. The second-order valence-corrected chi connectivity index (χ2v) is 6.30. The van der Waals surface area contributed by atoms with E-state index in [-0.39, 0.29) is 11.3 Å². The molecule has 0 fully saturated rings. The zero-order valence-electron chi connectivity index (χ0n) is 15.0. The standard InChI is InChI=1S/C19H20N2O5/c1-10-5-6-14(8-11(10)2)17(19(23)24)20-18(22)15-9-16(21(25)26)13(4)7-12(15)3/h5-9,17H,1-4H3,(H,20,22)(H,23,24). The SMILES string of the molecule is Cc1ccc(C(NC(=O)c2cc([N+](=O)[O-])c(C)cc2C)C(=O)O)cc1C. The smallest absolute Gasteiger partial charge is 0.330 e. The molecule has 1 atom stereocenters. The predicted molar refractivity (Wildman–Crippen MR) is 96.3 cm³/mol. The number of carbonyl (C=O) groups is 2. The first-order valence-electron chi connectivity index (χ1n) is 7.98. The Kier molecular flexibility index (Phi) is 5.40. The Bertz CT molecular complexity index is 905. The van der Waals surface area contributed by atoms with Crippen LogP contribution in [0, 0.1) is 37.8 Å². The topological polar surface area (TPSA) is 110 Å². The molecule has 1 amide bonds. The molecular weight excluding hydrogens is 336 g/mol. The number of nitro benzene ring substituents is 1. The summed E-state index contributed by atoms with van der Waals surface area (Å²) in [6.45, 7) is 6.99. The second kappa shape index (κ2) is 7.35. The molecule has 0 aliphatic heterocycles. The lowest BCUT2D eigenvalue weighted by Crippen LogP contribution is -2.34. The maximum atomic E-state index is 12.6. The van der Waals surface area contributed by atoms with Crippen molar-refractivity contribution in [2.24, 2.45) is 0 Å². The molecule has 0 aromatic heterocycles. The van der Waals surface area contributed by atoms with Crippen LogP contribution in [0.2, 0.25) is 0 Å². The van der Waals surface area contributed by atoms with E-state index >= 15 is 0 Å². The Morgan fingerprint density at radius 2 is 1.65 bits per heavy atom. The van der Waals surface area contributed by atoms with Crippen molar-refractivity contribution in [2.45, 2.75) is 33.7 Å². The Morgan fingerprint density at radius 3 is 2.19 bits per heavy atom. The molecule has 0 bridgehead atoms. The minimum atomic E-state index is -1.25. The van der Waals surface area contributed by atoms with Crippen LogP contribution in [0.3, 0.4) is 0 Å². The summed E-state index contributed by atoms with van der Waals surface area (Å²) in [6, 6.07) is 6.61. The zero-order chi connectivity index (χ0) is 19.6. The van der Waals surface area contributed by atoms with Gasteiger partial charge < -0.3 is 10.4 Å². The third-order valence-corrected chi connectivity index (χ3v) is 4.37. The number of rotatable bonds is 5. The highest BCUT2D eigenvalue weighted by Gasteiger charge is 2.25. The summed E-state index contributed by atoms with van der Waals surface area (Å²) in [4.78, 5) is 34.8. The summed E-state index contributed by atoms with van der Waals surface area (Å²) in [7, 11) is 0. The molecule has 2 rings (SSSR count). The largest absolute Gasteiger partial charge is 0.479 e. The normalized spacial score (nSPS) is 11.7. The quantitative estimate of drug-likeness (QED) is 0.630. The van der Waals surface area contributed by atoms with E-state index in [2.05, 4.69) is 5.32 Å². The molecule has 136 valence electrons. The highest BCUT2D eigenvalue weighted by atomic mass is 16.6. The van der Waals surface area contributed by atoms with Crippen molar-refractivity contribution in [1.29, 1.82) is 0 Å². The molecule has 2 N–H and O–H groups in total. The Balaban J connectivity index is 2.39. The van der Waals surface area contributed by atoms with Crippen molar-refractivity contribution in [3.8, 4) is 0 Å². The number of hydrogen-bond acceptors (Lipinski definition) is 4. The Hall–Kier alpha value is -3.22. The number of aryl methyl sites for hydroxylation is 4. The predicted octanol–water partition coefficient (Wildman–Crippen LogP) is 3.38. The zero-order valence-corrected chi connectivity index (χ0v) is 15.0. The Labute approximate surface area is 150 Å². The summed E-state index contributed by atoms with van der Waals surface area (Å²) in [5.74, 6) is -1.88. The van der Waals surface area contributed by atoms with E-state index in [0.717, 1.165) is 11.1 Å². The van der Waals surface area contributed by atoms with Crippen molar-refractivity contribution in [1.82, 2.24) is 5.32 Å². The van der Waals surface area contributed by atoms with Crippen LogP contribution in [0.15, 0.2) is 30.3 Å². The van der Waals surface area contributed by atoms with E-state index in [0.29, 0.717) is 16.7 Å². The number of hydrogen-bond donors (Lipinski definition) is 2. The minimum Gasteiger partial charge on any atom is -0.479 e. The van der Waals surface area contributed by atoms with Gasteiger partial charge in [0.15, 0.2) is 6.04 Å². The van der Waals surface area contributed by atoms with Gasteiger partial charge in [0.25, 0.3) is 11.6 Å². The molecule has 1 unspecified atom stereocenters. The van der Waals surface area contributed by atoms with E-state index in [1.165, 1.54) is 6.07 Å². The van der Waals surface area contributed by atoms with Gasteiger partial charge in [0.1, 0.15) is 0 Å². The number of carboxylic acids is 1. The molecule has 26 heavy (non-hydrogen) atoms. The van der Waals surface area contributed by atoms with E-state index in [1.54, 1.807) is 38.1 Å². The van der Waals surface area contributed by atoms with Gasteiger partial charge in [0.2, 0.25) is 0 Å². The van der Waals surface area contributed by atoms with Crippen LogP contribution >= 0.6 is 0 Å². The van der Waals surface area contributed by atoms with Crippen LogP contribution in [-0.2, 0) is 4.79 Å². The summed E-state index contributed by atoms with van der Waals surface area (Å²) >= 11 is 0. The average molecular weight is 356 g/mol. The van der Waals surface area contributed by atoms with Crippen LogP contribution < -0.4 is 5.32 Å². The monoisotopic (exact) mass is 356 g/mol. The molecule has 7 nitrogen and oxygen atoms in total. The van der Waals surface area contributed by atoms with E-state index in [4.69, 9.17) is 0 Å². The van der Waals surface area contributed by atoms with Gasteiger partial charge in [0.05, 0.1) is 4.92 Å². The maximum Gasteiger partial charge on any atom is 0.330 e. The molecule has 0 saturated heterocycles. The van der Waals surface area contributed by atoms with Crippen molar-refractivity contribution in [2.75, 3.05) is 0 Å². The van der Waals surface area contributed by atoms with Crippen LogP contribution in [-0.4, -0.2) is 21.9 Å². The lowest BCUT2D eigenvalue weighted by Gasteiger charge is -2.17. The molecule has 7 heteroatoms. The van der Waals surface area contributed by atoms with Crippen LogP contribution in [0.4, 0.5) is 5.69 Å². The third-order valence-electron chi connectivity index (χ3n) is 4.37. The number of amides is 1. The summed E-state index contributed by atoms with van der Waals surface area (Å²) < 4.78 is 0. The first kappa shape index (κ1) is 19.1. The first-order valence-corrected chi connectivity index (χ1v) is 7.98. The molecule has 0 aliphatic rings. The summed E-state index contributed by atoms with van der Waals surface area (Å²) in [6.07, 6.45) is 0. The Morgan fingerprint density at radius 1 is 1.00 bits per heavy atom. The first-order chi connectivity index (χ1) is 12.1. The number of carboxylic acid groups (broad SMARTS) is 1. The lowest BCUT2D eigenvalue weighted by molar-refractivity contribution is -0.385. The number of carbonyl (C=O) groups excluding carboxylic acids is 1. The third kappa shape index (κ3) is 3.88. The second-order valence-electron chi connectivity index (χ2n) is 6.30. The van der Waals surface area contributed by atoms with Crippen LogP contribution in [0.25, 0.3) is 0 Å². The highest BCUT2D eigenvalue weighted by molar-refractivity contribution is 5.98. The van der Waals surface area contributed by atoms with Gasteiger partial charge in [0, 0.05) is 17.2 Å². The molecule has 0 radical (unpaired) electrons. The van der Waals surface area contributed by atoms with Gasteiger partial charge in [-0.2, -0.15) is 0 Å². The highest BCUT2D eigenvalue weighted by Crippen LogP contribution is 2.24. The number of nitro groups is 1. The maximum absolute atomic E-state index is 12.6. The van der Waals surface area contributed by atoms with Crippen molar-refractivity contribution in [3.05, 3.63) is 73.8 Å². The van der Waals surface area contributed by atoms with E-state index in [9.17, 15) is 24.8 Å². The van der Waals surface area contributed by atoms with Gasteiger partial charge in [-0.15, -0.1) is 0 Å². The molecule has 0 spiro atoms. The number of nitrogens with one attached hydrogen (secondary N) is 1. The average Bonchev–Trinajstić information content (AvgIpc) is 2.54. The van der Waals surface area contributed by atoms with Crippen molar-refractivity contribution >= 4 is 17.6 Å². The van der Waals surface area contributed by atoms with Gasteiger partial charge in [-0.05, 0) is 56.0 Å². The number of aliphatic carboxylic acids is 1. The molecule has 2 aromatic carbocycles. The van der Waals surface area contributed by atoms with E-state index < -0.39 is 22.8 Å². The van der Waals surface area contributed by atoms with Gasteiger partial charge >= 0.3 is 5.97 Å². The molecule has 2 aromatic rings. The molecule has 0 heterocycles. The van der Waals surface area contributed by atoms with Crippen LogP contribution in [0.1, 0.15) is 44.2 Å². The molecule has 0 aliphatic carbocycles. The van der Waals surface area contributed by atoms with Crippen molar-refractivity contribution in [3.63, 3.8) is 0 Å².